The topological polar surface area (TPSA) is 61.8 Å². The molecule has 82 valence electrons. The van der Waals surface area contributed by atoms with E-state index in [1.54, 1.807) is 0 Å². The van der Waals surface area contributed by atoms with Crippen molar-refractivity contribution in [2.75, 3.05) is 13.1 Å². The molecule has 1 saturated heterocycles. The number of amides is 1. The SMILES string of the molecule is CC(C)(C)NOC(=O)N1CC[C@@H](O)C1. The Balaban J connectivity index is 2.29. The van der Waals surface area contributed by atoms with Gasteiger partial charge < -0.3 is 14.8 Å². The van der Waals surface area contributed by atoms with Gasteiger partial charge in [0.05, 0.1) is 12.6 Å². The van der Waals surface area contributed by atoms with Crippen LogP contribution in [0.4, 0.5) is 4.79 Å². The number of hydrogen-bond acceptors (Lipinski definition) is 4. The van der Waals surface area contributed by atoms with Crippen LogP contribution in [0, 0.1) is 0 Å². The summed E-state index contributed by atoms with van der Waals surface area (Å²) < 4.78 is 0. The fourth-order valence-electron chi connectivity index (χ4n) is 1.17. The number of carbonyl (C=O) groups excluding carboxylic acids is 1. The summed E-state index contributed by atoms with van der Waals surface area (Å²) in [5.41, 5.74) is 2.38. The first-order valence-electron chi connectivity index (χ1n) is 4.79. The highest BCUT2D eigenvalue weighted by Gasteiger charge is 2.26. The lowest BCUT2D eigenvalue weighted by atomic mass is 10.1. The molecule has 0 aromatic carbocycles. The minimum atomic E-state index is -0.420. The molecule has 5 heteroatoms. The van der Waals surface area contributed by atoms with E-state index < -0.39 is 12.2 Å². The van der Waals surface area contributed by atoms with Crippen molar-refractivity contribution in [3.63, 3.8) is 0 Å². The van der Waals surface area contributed by atoms with Crippen LogP contribution in [-0.4, -0.2) is 40.8 Å². The van der Waals surface area contributed by atoms with Gasteiger partial charge in [0, 0.05) is 12.1 Å². The zero-order valence-electron chi connectivity index (χ0n) is 8.91. The third kappa shape index (κ3) is 3.51. The highest BCUT2D eigenvalue weighted by Crippen LogP contribution is 2.10. The molecule has 2 N–H and O–H groups in total. The van der Waals surface area contributed by atoms with Gasteiger partial charge in [0.25, 0.3) is 0 Å². The van der Waals surface area contributed by atoms with Crippen LogP contribution >= 0.6 is 0 Å². The van der Waals surface area contributed by atoms with Gasteiger partial charge >= 0.3 is 6.09 Å². The number of nitrogens with one attached hydrogen (secondary N) is 1. The molecule has 0 bridgehead atoms. The van der Waals surface area contributed by atoms with Gasteiger partial charge in [0.15, 0.2) is 0 Å². The second kappa shape index (κ2) is 4.14. The largest absolute Gasteiger partial charge is 0.428 e. The molecule has 0 aromatic rings. The lowest BCUT2D eigenvalue weighted by molar-refractivity contribution is 0.0235. The molecule has 1 heterocycles. The minimum Gasteiger partial charge on any atom is -0.391 e. The Morgan fingerprint density at radius 2 is 2.21 bits per heavy atom. The molecule has 1 amide bonds. The van der Waals surface area contributed by atoms with Crippen molar-refractivity contribution < 1.29 is 14.7 Å². The Bertz CT molecular complexity index is 213. The normalized spacial score (nSPS) is 22.6. The number of hydrogen-bond donors (Lipinski definition) is 2. The van der Waals surface area contributed by atoms with Crippen LogP contribution in [-0.2, 0) is 4.84 Å². The first kappa shape index (κ1) is 11.3. The molecule has 14 heavy (non-hydrogen) atoms. The smallest absolute Gasteiger partial charge is 0.391 e. The second-order valence-corrected chi connectivity index (χ2v) is 4.61. The lowest BCUT2D eigenvalue weighted by Crippen LogP contribution is -2.42. The molecule has 1 rings (SSSR count). The van der Waals surface area contributed by atoms with E-state index in [4.69, 9.17) is 4.84 Å². The molecule has 5 nitrogen and oxygen atoms in total. The van der Waals surface area contributed by atoms with Crippen molar-refractivity contribution in [3.8, 4) is 0 Å². The highest BCUT2D eigenvalue weighted by molar-refractivity contribution is 5.67. The van der Waals surface area contributed by atoms with E-state index in [1.165, 1.54) is 4.90 Å². The number of nitrogens with zero attached hydrogens (tertiary/aromatic N) is 1. The number of rotatable bonds is 1. The van der Waals surface area contributed by atoms with E-state index in [9.17, 15) is 9.90 Å². The van der Waals surface area contributed by atoms with E-state index in [-0.39, 0.29) is 5.54 Å². The maximum absolute atomic E-state index is 11.4. The molecule has 1 fully saturated rings. The van der Waals surface area contributed by atoms with Crippen molar-refractivity contribution in [3.05, 3.63) is 0 Å². The van der Waals surface area contributed by atoms with Crippen molar-refractivity contribution in [1.29, 1.82) is 0 Å². The summed E-state index contributed by atoms with van der Waals surface area (Å²) in [6.07, 6.45) is -0.196. The van der Waals surface area contributed by atoms with Crippen LogP contribution in [0.2, 0.25) is 0 Å². The Morgan fingerprint density at radius 1 is 1.57 bits per heavy atom. The summed E-state index contributed by atoms with van der Waals surface area (Å²) in [7, 11) is 0. The van der Waals surface area contributed by atoms with Gasteiger partial charge in [-0.3, -0.25) is 0 Å². The first-order valence-corrected chi connectivity index (χ1v) is 4.79. The van der Waals surface area contributed by atoms with Gasteiger partial charge in [-0.05, 0) is 27.2 Å². The number of carbonyl (C=O) groups is 1. The summed E-state index contributed by atoms with van der Waals surface area (Å²) in [6, 6.07) is 0. The standard InChI is InChI=1S/C9H18N2O3/c1-9(2,3)10-14-8(13)11-5-4-7(12)6-11/h7,10,12H,4-6H2,1-3H3/t7-/m1/s1. The molecule has 0 spiro atoms. The molecule has 0 saturated carbocycles. The van der Waals surface area contributed by atoms with Gasteiger partial charge in [-0.2, -0.15) is 0 Å². The van der Waals surface area contributed by atoms with Gasteiger partial charge in [-0.1, -0.05) is 0 Å². The summed E-state index contributed by atoms with van der Waals surface area (Å²) in [4.78, 5) is 17.7. The summed E-state index contributed by atoms with van der Waals surface area (Å²) in [5.74, 6) is 0. The maximum atomic E-state index is 11.4. The van der Waals surface area contributed by atoms with Gasteiger partial charge in [0.1, 0.15) is 0 Å². The van der Waals surface area contributed by atoms with E-state index in [2.05, 4.69) is 5.48 Å². The highest BCUT2D eigenvalue weighted by atomic mass is 16.7. The zero-order chi connectivity index (χ0) is 10.8. The predicted molar refractivity (Wildman–Crippen MR) is 51.6 cm³/mol. The van der Waals surface area contributed by atoms with E-state index in [0.29, 0.717) is 19.5 Å². The van der Waals surface area contributed by atoms with Crippen LogP contribution in [0.5, 0.6) is 0 Å². The average molecular weight is 202 g/mol. The average Bonchev–Trinajstić information content (AvgIpc) is 2.46. The maximum Gasteiger partial charge on any atom is 0.428 e. The van der Waals surface area contributed by atoms with Crippen molar-refractivity contribution in [2.24, 2.45) is 0 Å². The van der Waals surface area contributed by atoms with Gasteiger partial charge in [-0.25, -0.2) is 4.79 Å². The lowest BCUT2D eigenvalue weighted by Gasteiger charge is -2.22. The second-order valence-electron chi connectivity index (χ2n) is 4.61. The van der Waals surface area contributed by atoms with E-state index >= 15 is 0 Å². The van der Waals surface area contributed by atoms with Gasteiger partial charge in [0.2, 0.25) is 0 Å². The first-order chi connectivity index (χ1) is 6.38. The number of aliphatic hydroxyl groups excluding tert-OH is 1. The van der Waals surface area contributed by atoms with Crippen LogP contribution in [0.3, 0.4) is 0 Å². The molecule has 0 aromatic heterocycles. The third-order valence-corrected chi connectivity index (χ3v) is 1.87. The van der Waals surface area contributed by atoms with Crippen molar-refractivity contribution in [1.82, 2.24) is 10.4 Å². The molecular weight excluding hydrogens is 184 g/mol. The molecule has 0 unspecified atom stereocenters. The minimum absolute atomic E-state index is 0.256. The summed E-state index contributed by atoms with van der Waals surface area (Å²) in [6.45, 7) is 6.63. The molecule has 0 aliphatic carbocycles. The molecule has 1 aliphatic rings. The Labute approximate surface area is 84.0 Å². The molecule has 1 aliphatic heterocycles. The quantitative estimate of drug-likeness (QED) is 0.608. The zero-order valence-corrected chi connectivity index (χ0v) is 8.91. The van der Waals surface area contributed by atoms with Crippen LogP contribution in [0.15, 0.2) is 0 Å². The monoisotopic (exact) mass is 202 g/mol. The van der Waals surface area contributed by atoms with Crippen LogP contribution in [0.1, 0.15) is 27.2 Å². The van der Waals surface area contributed by atoms with Crippen LogP contribution in [0.25, 0.3) is 0 Å². The third-order valence-electron chi connectivity index (χ3n) is 1.87. The molecular formula is C9H18N2O3. The number of aliphatic hydroxyl groups is 1. The summed E-state index contributed by atoms with van der Waals surface area (Å²) >= 11 is 0. The van der Waals surface area contributed by atoms with Gasteiger partial charge in [-0.15, -0.1) is 5.48 Å². The van der Waals surface area contributed by atoms with Crippen molar-refractivity contribution >= 4 is 6.09 Å². The summed E-state index contributed by atoms with van der Waals surface area (Å²) in [5, 5.41) is 9.21. The Hall–Kier alpha value is -0.810. The number of hydroxylamine groups is 1. The van der Waals surface area contributed by atoms with Crippen molar-refractivity contribution in [2.45, 2.75) is 38.8 Å². The molecule has 0 radical (unpaired) electrons. The Kier molecular flexibility index (Phi) is 3.34. The fourth-order valence-corrected chi connectivity index (χ4v) is 1.17. The van der Waals surface area contributed by atoms with E-state index in [1.807, 2.05) is 20.8 Å². The molecule has 1 atom stereocenters. The van der Waals surface area contributed by atoms with E-state index in [0.717, 1.165) is 0 Å². The number of likely N-dealkylation sites (tertiary alicyclic amines) is 1. The predicted octanol–water partition coefficient (Wildman–Crippen LogP) is 0.493. The fraction of sp³-hybridized carbons (Fsp3) is 0.889. The Morgan fingerprint density at radius 3 is 2.64 bits per heavy atom. The van der Waals surface area contributed by atoms with Crippen LogP contribution < -0.4 is 5.48 Å². The number of β-amino-alcohol motifs (C(OH)–C–C–N with tert-alkyl or cyclic N) is 1.